The van der Waals surface area contributed by atoms with Crippen molar-refractivity contribution in [2.24, 2.45) is 11.3 Å². The second kappa shape index (κ2) is 6.24. The molecule has 0 saturated heterocycles. The molecule has 0 radical (unpaired) electrons. The lowest BCUT2D eigenvalue weighted by Crippen LogP contribution is -2.37. The largest absolute Gasteiger partial charge is 0.306 e. The van der Waals surface area contributed by atoms with Gasteiger partial charge in [0.25, 0.3) is 0 Å². The second-order valence-corrected chi connectivity index (χ2v) is 6.11. The summed E-state index contributed by atoms with van der Waals surface area (Å²) in [6, 6.07) is 0. The van der Waals surface area contributed by atoms with Gasteiger partial charge in [-0.15, -0.1) is 0 Å². The quantitative estimate of drug-likeness (QED) is 0.665. The van der Waals surface area contributed by atoms with Crippen molar-refractivity contribution in [1.82, 2.24) is 4.90 Å². The van der Waals surface area contributed by atoms with Gasteiger partial charge in [-0.2, -0.15) is 0 Å². The normalized spacial score (nSPS) is 22.2. The van der Waals surface area contributed by atoms with Crippen LogP contribution >= 0.6 is 15.9 Å². The molecule has 0 bridgehead atoms. The lowest BCUT2D eigenvalue weighted by molar-refractivity contribution is 0.182. The first kappa shape index (κ1) is 13.5. The van der Waals surface area contributed by atoms with Gasteiger partial charge in [0.1, 0.15) is 0 Å². The van der Waals surface area contributed by atoms with Crippen LogP contribution in [0.3, 0.4) is 0 Å². The molecule has 1 aliphatic rings. The summed E-state index contributed by atoms with van der Waals surface area (Å²) in [6.45, 7) is 7.17. The SMILES string of the molecule is CCC(C)CN(C)CC1(CBr)CCCC1. The number of rotatable bonds is 6. The van der Waals surface area contributed by atoms with Gasteiger partial charge in [-0.25, -0.2) is 0 Å². The van der Waals surface area contributed by atoms with Crippen molar-refractivity contribution in [2.45, 2.75) is 46.0 Å². The van der Waals surface area contributed by atoms with Gasteiger partial charge in [0, 0.05) is 18.4 Å². The maximum absolute atomic E-state index is 3.72. The van der Waals surface area contributed by atoms with Crippen LogP contribution in [0.5, 0.6) is 0 Å². The van der Waals surface area contributed by atoms with Crippen LogP contribution in [0.4, 0.5) is 0 Å². The standard InChI is InChI=1S/C13H26BrN/c1-4-12(2)9-15(3)11-13(10-14)7-5-6-8-13/h12H,4-11H2,1-3H3. The highest BCUT2D eigenvalue weighted by atomic mass is 79.9. The fraction of sp³-hybridized carbons (Fsp3) is 1.00. The minimum atomic E-state index is 0.586. The van der Waals surface area contributed by atoms with Gasteiger partial charge < -0.3 is 4.90 Å². The van der Waals surface area contributed by atoms with Crippen molar-refractivity contribution in [3.05, 3.63) is 0 Å². The fourth-order valence-electron chi connectivity index (χ4n) is 2.76. The van der Waals surface area contributed by atoms with E-state index in [1.165, 1.54) is 50.5 Å². The van der Waals surface area contributed by atoms with Crippen molar-refractivity contribution in [3.8, 4) is 0 Å². The topological polar surface area (TPSA) is 3.24 Å². The summed E-state index contributed by atoms with van der Waals surface area (Å²) in [6.07, 6.45) is 7.00. The Morgan fingerprint density at radius 2 is 1.93 bits per heavy atom. The molecule has 0 heterocycles. The Hall–Kier alpha value is 0.440. The minimum absolute atomic E-state index is 0.586. The van der Waals surface area contributed by atoms with Gasteiger partial charge in [0.05, 0.1) is 0 Å². The third kappa shape index (κ3) is 4.07. The molecule has 0 aromatic carbocycles. The Morgan fingerprint density at radius 1 is 1.33 bits per heavy atom. The molecule has 1 aliphatic carbocycles. The molecule has 0 aromatic rings. The molecule has 0 aromatic heterocycles. The molecule has 1 nitrogen and oxygen atoms in total. The third-order valence-electron chi connectivity index (χ3n) is 3.87. The minimum Gasteiger partial charge on any atom is -0.306 e. The molecule has 0 amide bonds. The van der Waals surface area contributed by atoms with Crippen LogP contribution in [0.25, 0.3) is 0 Å². The molecule has 1 fully saturated rings. The van der Waals surface area contributed by atoms with E-state index in [1.807, 2.05) is 0 Å². The van der Waals surface area contributed by atoms with Crippen molar-refractivity contribution in [1.29, 1.82) is 0 Å². The summed E-state index contributed by atoms with van der Waals surface area (Å²) >= 11 is 3.72. The third-order valence-corrected chi connectivity index (χ3v) is 5.06. The Labute approximate surface area is 104 Å². The number of hydrogen-bond acceptors (Lipinski definition) is 1. The van der Waals surface area contributed by atoms with Crippen LogP contribution in [0.2, 0.25) is 0 Å². The van der Waals surface area contributed by atoms with E-state index >= 15 is 0 Å². The van der Waals surface area contributed by atoms with Gasteiger partial charge in [0.15, 0.2) is 0 Å². The summed E-state index contributed by atoms with van der Waals surface area (Å²) < 4.78 is 0. The van der Waals surface area contributed by atoms with Crippen molar-refractivity contribution < 1.29 is 0 Å². The Balaban J connectivity index is 2.37. The molecule has 1 unspecified atom stereocenters. The zero-order chi connectivity index (χ0) is 11.3. The van der Waals surface area contributed by atoms with Crippen molar-refractivity contribution >= 4 is 15.9 Å². The smallest absolute Gasteiger partial charge is 0.0100 e. The van der Waals surface area contributed by atoms with E-state index in [1.54, 1.807) is 0 Å². The second-order valence-electron chi connectivity index (χ2n) is 5.55. The van der Waals surface area contributed by atoms with Crippen LogP contribution < -0.4 is 0 Å². The van der Waals surface area contributed by atoms with Crippen molar-refractivity contribution in [3.63, 3.8) is 0 Å². The van der Waals surface area contributed by atoms with Crippen LogP contribution in [0.1, 0.15) is 46.0 Å². The maximum atomic E-state index is 3.72. The fourth-order valence-corrected chi connectivity index (χ4v) is 3.50. The zero-order valence-electron chi connectivity index (χ0n) is 10.6. The van der Waals surface area contributed by atoms with Crippen LogP contribution in [-0.2, 0) is 0 Å². The van der Waals surface area contributed by atoms with E-state index in [9.17, 15) is 0 Å². The lowest BCUT2D eigenvalue weighted by atomic mass is 9.88. The first-order valence-corrected chi connectivity index (χ1v) is 7.48. The van der Waals surface area contributed by atoms with Gasteiger partial charge in [-0.1, -0.05) is 49.0 Å². The predicted molar refractivity (Wildman–Crippen MR) is 71.6 cm³/mol. The van der Waals surface area contributed by atoms with Crippen LogP contribution in [0, 0.1) is 11.3 Å². The Morgan fingerprint density at radius 3 is 2.40 bits per heavy atom. The molecular formula is C13H26BrN. The van der Waals surface area contributed by atoms with Gasteiger partial charge in [0.2, 0.25) is 0 Å². The molecule has 0 spiro atoms. The van der Waals surface area contributed by atoms with Gasteiger partial charge in [-0.3, -0.25) is 0 Å². The van der Waals surface area contributed by atoms with E-state index in [-0.39, 0.29) is 0 Å². The van der Waals surface area contributed by atoms with Crippen molar-refractivity contribution in [2.75, 3.05) is 25.5 Å². The molecule has 1 rings (SSSR count). The molecule has 1 atom stereocenters. The first-order chi connectivity index (χ1) is 7.12. The molecule has 2 heteroatoms. The highest BCUT2D eigenvalue weighted by molar-refractivity contribution is 9.09. The summed E-state index contributed by atoms with van der Waals surface area (Å²) in [5.74, 6) is 0.837. The number of alkyl halides is 1. The average Bonchev–Trinajstić information content (AvgIpc) is 2.66. The van der Waals surface area contributed by atoms with E-state index in [2.05, 4.69) is 41.7 Å². The summed E-state index contributed by atoms with van der Waals surface area (Å²) in [7, 11) is 2.29. The number of nitrogens with zero attached hydrogens (tertiary/aromatic N) is 1. The molecule has 1 saturated carbocycles. The van der Waals surface area contributed by atoms with Gasteiger partial charge >= 0.3 is 0 Å². The lowest BCUT2D eigenvalue weighted by Gasteiger charge is -2.33. The highest BCUT2D eigenvalue weighted by Crippen LogP contribution is 2.40. The molecule has 90 valence electrons. The maximum Gasteiger partial charge on any atom is 0.0100 e. The van der Waals surface area contributed by atoms with Crippen LogP contribution in [-0.4, -0.2) is 30.4 Å². The average molecular weight is 276 g/mol. The molecule has 0 N–H and O–H groups in total. The van der Waals surface area contributed by atoms with E-state index in [0.717, 1.165) is 5.92 Å². The Bertz CT molecular complexity index is 175. The zero-order valence-corrected chi connectivity index (χ0v) is 12.1. The van der Waals surface area contributed by atoms with E-state index < -0.39 is 0 Å². The Kier molecular flexibility index (Phi) is 5.62. The summed E-state index contributed by atoms with van der Waals surface area (Å²) in [5, 5.41) is 1.19. The first-order valence-electron chi connectivity index (χ1n) is 6.36. The molecular weight excluding hydrogens is 250 g/mol. The predicted octanol–water partition coefficient (Wildman–Crippen LogP) is 3.92. The van der Waals surface area contributed by atoms with Crippen LogP contribution in [0.15, 0.2) is 0 Å². The summed E-state index contributed by atoms with van der Waals surface area (Å²) in [4.78, 5) is 2.54. The monoisotopic (exact) mass is 275 g/mol. The number of hydrogen-bond donors (Lipinski definition) is 0. The molecule has 0 aliphatic heterocycles. The van der Waals surface area contributed by atoms with E-state index in [4.69, 9.17) is 0 Å². The summed E-state index contributed by atoms with van der Waals surface area (Å²) in [5.41, 5.74) is 0.586. The number of halogens is 1. The highest BCUT2D eigenvalue weighted by Gasteiger charge is 2.33. The molecule has 15 heavy (non-hydrogen) atoms. The van der Waals surface area contributed by atoms with E-state index in [0.29, 0.717) is 5.41 Å². The van der Waals surface area contributed by atoms with Gasteiger partial charge in [-0.05, 0) is 31.2 Å².